The van der Waals surface area contributed by atoms with Gasteiger partial charge in [-0.2, -0.15) is 5.10 Å². The van der Waals surface area contributed by atoms with Gasteiger partial charge in [-0.15, -0.1) is 0 Å². The number of anilines is 1. The normalized spacial score (nSPS) is 11.0. The molecule has 1 heterocycles. The lowest BCUT2D eigenvalue weighted by molar-refractivity contribution is 0.575. The molecule has 0 unspecified atom stereocenters. The number of halogens is 2. The summed E-state index contributed by atoms with van der Waals surface area (Å²) in [7, 11) is 0. The third kappa shape index (κ3) is 3.50. The summed E-state index contributed by atoms with van der Waals surface area (Å²) in [5.41, 5.74) is 4.59. The molecule has 0 saturated carbocycles. The van der Waals surface area contributed by atoms with Gasteiger partial charge in [-0.25, -0.2) is 0 Å². The van der Waals surface area contributed by atoms with Gasteiger partial charge >= 0.3 is 0 Å². The lowest BCUT2D eigenvalue weighted by Gasteiger charge is -2.01. The number of hydrogen-bond acceptors (Lipinski definition) is 3. The van der Waals surface area contributed by atoms with Crippen LogP contribution >= 0.6 is 23.2 Å². The van der Waals surface area contributed by atoms with Crippen molar-refractivity contribution in [3.8, 4) is 11.3 Å². The minimum absolute atomic E-state index is 0.588. The molecule has 0 amide bonds. The Kier molecular flexibility index (Phi) is 4.47. The summed E-state index contributed by atoms with van der Waals surface area (Å²) < 4.78 is 5.71. The zero-order valence-electron chi connectivity index (χ0n) is 11.5. The first-order chi connectivity index (χ1) is 10.7. The van der Waals surface area contributed by atoms with Gasteiger partial charge in [0, 0.05) is 10.6 Å². The number of hydrazone groups is 1. The first-order valence-corrected chi connectivity index (χ1v) is 7.37. The van der Waals surface area contributed by atoms with Gasteiger partial charge in [-0.3, -0.25) is 5.43 Å². The second kappa shape index (κ2) is 6.69. The molecule has 0 spiro atoms. The van der Waals surface area contributed by atoms with Gasteiger partial charge in [0.1, 0.15) is 11.5 Å². The van der Waals surface area contributed by atoms with Crippen LogP contribution < -0.4 is 5.43 Å². The van der Waals surface area contributed by atoms with Crippen LogP contribution in [-0.2, 0) is 0 Å². The Morgan fingerprint density at radius 3 is 2.59 bits per heavy atom. The van der Waals surface area contributed by atoms with Crippen molar-refractivity contribution in [3.05, 3.63) is 76.5 Å². The monoisotopic (exact) mass is 330 g/mol. The zero-order chi connectivity index (χ0) is 15.4. The van der Waals surface area contributed by atoms with Crippen molar-refractivity contribution in [2.45, 2.75) is 0 Å². The first kappa shape index (κ1) is 14.7. The Hall–Kier alpha value is -2.23. The van der Waals surface area contributed by atoms with Crippen LogP contribution in [0.4, 0.5) is 5.69 Å². The maximum atomic E-state index is 6.16. The molecule has 0 saturated heterocycles. The van der Waals surface area contributed by atoms with E-state index in [-0.39, 0.29) is 0 Å². The van der Waals surface area contributed by atoms with Crippen molar-refractivity contribution in [1.82, 2.24) is 0 Å². The number of benzene rings is 2. The van der Waals surface area contributed by atoms with Crippen molar-refractivity contribution in [3.63, 3.8) is 0 Å². The van der Waals surface area contributed by atoms with Crippen LogP contribution in [-0.4, -0.2) is 6.21 Å². The Morgan fingerprint density at radius 2 is 1.77 bits per heavy atom. The molecular weight excluding hydrogens is 319 g/mol. The van der Waals surface area contributed by atoms with Crippen LogP contribution in [0.5, 0.6) is 0 Å². The van der Waals surface area contributed by atoms with E-state index in [2.05, 4.69) is 10.5 Å². The van der Waals surface area contributed by atoms with Gasteiger partial charge in [0.05, 0.1) is 16.9 Å². The van der Waals surface area contributed by atoms with Crippen molar-refractivity contribution < 1.29 is 4.42 Å². The van der Waals surface area contributed by atoms with Crippen molar-refractivity contribution in [2.24, 2.45) is 5.10 Å². The Morgan fingerprint density at radius 1 is 0.955 bits per heavy atom. The van der Waals surface area contributed by atoms with Gasteiger partial charge in [0.2, 0.25) is 0 Å². The number of furan rings is 1. The molecule has 0 radical (unpaired) electrons. The summed E-state index contributed by atoms with van der Waals surface area (Å²) >= 11 is 12.1. The van der Waals surface area contributed by atoms with E-state index in [1.54, 1.807) is 24.4 Å². The van der Waals surface area contributed by atoms with E-state index in [0.29, 0.717) is 21.6 Å². The van der Waals surface area contributed by atoms with E-state index < -0.39 is 0 Å². The third-order valence-electron chi connectivity index (χ3n) is 2.98. The van der Waals surface area contributed by atoms with Gasteiger partial charge in [-0.05, 0) is 42.5 Å². The molecule has 3 nitrogen and oxygen atoms in total. The molecule has 0 atom stereocenters. The fourth-order valence-corrected chi connectivity index (χ4v) is 2.32. The summed E-state index contributed by atoms with van der Waals surface area (Å²) in [6.07, 6.45) is 1.61. The molecule has 22 heavy (non-hydrogen) atoms. The first-order valence-electron chi connectivity index (χ1n) is 6.62. The average molecular weight is 331 g/mol. The van der Waals surface area contributed by atoms with Crippen LogP contribution in [0.15, 0.2) is 70.2 Å². The highest BCUT2D eigenvalue weighted by atomic mass is 35.5. The van der Waals surface area contributed by atoms with Gasteiger partial charge < -0.3 is 4.42 Å². The summed E-state index contributed by atoms with van der Waals surface area (Å²) in [6, 6.07) is 18.6. The molecule has 1 aromatic heterocycles. The Labute approximate surface area is 138 Å². The molecule has 3 aromatic rings. The smallest absolute Gasteiger partial charge is 0.147 e. The van der Waals surface area contributed by atoms with E-state index in [1.807, 2.05) is 42.5 Å². The van der Waals surface area contributed by atoms with Crippen molar-refractivity contribution in [2.75, 3.05) is 5.43 Å². The molecular formula is C17H12Cl2N2O. The molecule has 0 aliphatic carbocycles. The topological polar surface area (TPSA) is 37.5 Å². The lowest BCUT2D eigenvalue weighted by atomic mass is 10.2. The fourth-order valence-electron chi connectivity index (χ4n) is 1.94. The van der Waals surface area contributed by atoms with E-state index in [0.717, 1.165) is 11.3 Å². The zero-order valence-corrected chi connectivity index (χ0v) is 13.0. The standard InChI is InChI=1S/C17H12Cl2N2O/c18-12-6-8-16(19)15(10-12)17-9-7-14(22-17)11-20-21-13-4-2-1-3-5-13/h1-11,21H/b20-11-. The number of nitrogens with one attached hydrogen (secondary N) is 1. The van der Waals surface area contributed by atoms with E-state index in [4.69, 9.17) is 27.6 Å². The average Bonchev–Trinajstić information content (AvgIpc) is 2.99. The summed E-state index contributed by atoms with van der Waals surface area (Å²) in [5, 5.41) is 5.33. The minimum atomic E-state index is 0.588. The van der Waals surface area contributed by atoms with Gasteiger partial charge in [0.25, 0.3) is 0 Å². The van der Waals surface area contributed by atoms with Gasteiger partial charge in [0.15, 0.2) is 0 Å². The quantitative estimate of drug-likeness (QED) is 0.492. The number of hydrogen-bond donors (Lipinski definition) is 1. The molecule has 0 fully saturated rings. The van der Waals surface area contributed by atoms with Crippen LogP contribution in [0, 0.1) is 0 Å². The molecule has 0 bridgehead atoms. The largest absolute Gasteiger partial charge is 0.455 e. The maximum Gasteiger partial charge on any atom is 0.147 e. The SMILES string of the molecule is Clc1ccc(Cl)c(-c2ccc(/C=N\Nc3ccccc3)o2)c1. The summed E-state index contributed by atoms with van der Waals surface area (Å²) in [5.74, 6) is 1.27. The van der Waals surface area contributed by atoms with Crippen LogP contribution in [0.1, 0.15) is 5.76 Å². The second-order valence-electron chi connectivity index (χ2n) is 4.56. The molecule has 5 heteroatoms. The number of rotatable bonds is 4. The molecule has 0 aliphatic rings. The minimum Gasteiger partial charge on any atom is -0.455 e. The molecule has 2 aromatic carbocycles. The molecule has 110 valence electrons. The fraction of sp³-hybridized carbons (Fsp3) is 0. The third-order valence-corrected chi connectivity index (χ3v) is 3.54. The van der Waals surface area contributed by atoms with E-state index >= 15 is 0 Å². The summed E-state index contributed by atoms with van der Waals surface area (Å²) in [4.78, 5) is 0. The number of para-hydroxylation sites is 1. The highest BCUT2D eigenvalue weighted by molar-refractivity contribution is 6.35. The van der Waals surface area contributed by atoms with Crippen LogP contribution in [0.3, 0.4) is 0 Å². The molecule has 3 rings (SSSR count). The Bertz CT molecular complexity index is 797. The van der Waals surface area contributed by atoms with E-state index in [9.17, 15) is 0 Å². The predicted octanol–water partition coefficient (Wildman–Crippen LogP) is 5.70. The summed E-state index contributed by atoms with van der Waals surface area (Å²) in [6.45, 7) is 0. The molecule has 1 N–H and O–H groups in total. The second-order valence-corrected chi connectivity index (χ2v) is 5.41. The highest BCUT2D eigenvalue weighted by Gasteiger charge is 2.08. The van der Waals surface area contributed by atoms with Crippen LogP contribution in [0.2, 0.25) is 10.0 Å². The Balaban J connectivity index is 1.75. The lowest BCUT2D eigenvalue weighted by Crippen LogP contribution is -1.88. The highest BCUT2D eigenvalue weighted by Crippen LogP contribution is 2.31. The van der Waals surface area contributed by atoms with Crippen molar-refractivity contribution in [1.29, 1.82) is 0 Å². The van der Waals surface area contributed by atoms with E-state index in [1.165, 1.54) is 0 Å². The maximum absolute atomic E-state index is 6.16. The predicted molar refractivity (Wildman–Crippen MR) is 91.8 cm³/mol. The number of nitrogens with zero attached hydrogens (tertiary/aromatic N) is 1. The van der Waals surface area contributed by atoms with Crippen LogP contribution in [0.25, 0.3) is 11.3 Å². The molecule has 0 aliphatic heterocycles. The van der Waals surface area contributed by atoms with Gasteiger partial charge in [-0.1, -0.05) is 41.4 Å². The van der Waals surface area contributed by atoms with Crippen molar-refractivity contribution >= 4 is 35.1 Å².